The van der Waals surface area contributed by atoms with E-state index in [9.17, 15) is 9.90 Å². The Morgan fingerprint density at radius 3 is 2.69 bits per heavy atom. The second-order valence-electron chi connectivity index (χ2n) is 2.71. The molecule has 13 heavy (non-hydrogen) atoms. The van der Waals surface area contributed by atoms with Crippen molar-refractivity contribution < 1.29 is 20.1 Å². The van der Waals surface area contributed by atoms with Gasteiger partial charge in [-0.2, -0.15) is 0 Å². The molecule has 0 fully saturated rings. The summed E-state index contributed by atoms with van der Waals surface area (Å²) in [5.74, 6) is -1.06. The summed E-state index contributed by atoms with van der Waals surface area (Å²) in [7, 11) is 0. The van der Waals surface area contributed by atoms with E-state index in [0.717, 1.165) is 0 Å². The number of rotatable bonds is 3. The minimum Gasteiger partial charge on any atom is -0.508 e. The third-order valence-corrected chi connectivity index (χ3v) is 1.62. The summed E-state index contributed by atoms with van der Waals surface area (Å²) < 4.78 is 0. The molecular formula is C9H10O4. The fourth-order valence-electron chi connectivity index (χ4n) is 1.02. The summed E-state index contributed by atoms with van der Waals surface area (Å²) in [4.78, 5) is 10.2. The normalized spacial score (nSPS) is 12.4. The Kier molecular flexibility index (Phi) is 2.87. The van der Waals surface area contributed by atoms with Gasteiger partial charge in [-0.25, -0.2) is 0 Å². The SMILES string of the molecule is O=C(O)C[C@H](O)c1cccc(O)c1. The minimum atomic E-state index is -1.07. The second-order valence-corrected chi connectivity index (χ2v) is 2.71. The van der Waals surface area contributed by atoms with Gasteiger partial charge in [-0.15, -0.1) is 0 Å². The highest BCUT2D eigenvalue weighted by molar-refractivity contribution is 5.67. The van der Waals surface area contributed by atoms with E-state index in [0.29, 0.717) is 5.56 Å². The maximum absolute atomic E-state index is 10.2. The molecule has 1 aromatic carbocycles. The first-order valence-corrected chi connectivity index (χ1v) is 3.78. The van der Waals surface area contributed by atoms with Crippen molar-refractivity contribution in [3.05, 3.63) is 29.8 Å². The first kappa shape index (κ1) is 9.54. The second kappa shape index (κ2) is 3.91. The molecule has 0 heterocycles. The number of aromatic hydroxyl groups is 1. The first-order chi connectivity index (χ1) is 6.09. The zero-order valence-corrected chi connectivity index (χ0v) is 6.84. The van der Waals surface area contributed by atoms with E-state index >= 15 is 0 Å². The Morgan fingerprint density at radius 2 is 2.15 bits per heavy atom. The smallest absolute Gasteiger partial charge is 0.306 e. The lowest BCUT2D eigenvalue weighted by molar-refractivity contribution is -0.139. The average Bonchev–Trinajstić information content (AvgIpc) is 2.03. The van der Waals surface area contributed by atoms with Gasteiger partial charge in [0, 0.05) is 0 Å². The van der Waals surface area contributed by atoms with Crippen molar-refractivity contribution in [1.82, 2.24) is 0 Å². The van der Waals surface area contributed by atoms with Crippen molar-refractivity contribution in [3.8, 4) is 5.75 Å². The Balaban J connectivity index is 2.76. The van der Waals surface area contributed by atoms with E-state index in [2.05, 4.69) is 0 Å². The lowest BCUT2D eigenvalue weighted by Crippen LogP contribution is -2.04. The van der Waals surface area contributed by atoms with Crippen LogP contribution in [0, 0.1) is 0 Å². The molecule has 1 aromatic rings. The third-order valence-electron chi connectivity index (χ3n) is 1.62. The van der Waals surface area contributed by atoms with Crippen LogP contribution in [0.2, 0.25) is 0 Å². The number of carbonyl (C=O) groups is 1. The number of hydrogen-bond acceptors (Lipinski definition) is 3. The van der Waals surface area contributed by atoms with Gasteiger partial charge in [0.2, 0.25) is 0 Å². The van der Waals surface area contributed by atoms with Crippen molar-refractivity contribution in [1.29, 1.82) is 0 Å². The molecule has 0 unspecified atom stereocenters. The molecule has 0 saturated heterocycles. The van der Waals surface area contributed by atoms with Crippen molar-refractivity contribution >= 4 is 5.97 Å². The predicted octanol–water partition coefficient (Wildman–Crippen LogP) is 0.900. The molecule has 4 nitrogen and oxygen atoms in total. The van der Waals surface area contributed by atoms with Gasteiger partial charge in [-0.1, -0.05) is 12.1 Å². The molecular weight excluding hydrogens is 172 g/mol. The molecule has 3 N–H and O–H groups in total. The molecule has 0 amide bonds. The van der Waals surface area contributed by atoms with Crippen molar-refractivity contribution in [2.24, 2.45) is 0 Å². The Morgan fingerprint density at radius 1 is 1.46 bits per heavy atom. The minimum absolute atomic E-state index is 0.0157. The van der Waals surface area contributed by atoms with Gasteiger partial charge >= 0.3 is 5.97 Å². The summed E-state index contributed by atoms with van der Waals surface area (Å²) in [6, 6.07) is 5.91. The molecule has 0 spiro atoms. The maximum Gasteiger partial charge on any atom is 0.306 e. The van der Waals surface area contributed by atoms with Gasteiger partial charge in [0.25, 0.3) is 0 Å². The Labute approximate surface area is 75.1 Å². The molecule has 0 aliphatic carbocycles. The highest BCUT2D eigenvalue weighted by atomic mass is 16.4. The Hall–Kier alpha value is -1.55. The van der Waals surface area contributed by atoms with E-state index < -0.39 is 12.1 Å². The lowest BCUT2D eigenvalue weighted by Gasteiger charge is -2.07. The monoisotopic (exact) mass is 182 g/mol. The van der Waals surface area contributed by atoms with Gasteiger partial charge in [-0.3, -0.25) is 4.79 Å². The number of phenolic OH excluding ortho intramolecular Hbond substituents is 1. The number of carboxylic acid groups (broad SMARTS) is 1. The topological polar surface area (TPSA) is 77.8 Å². The molecule has 0 aliphatic heterocycles. The fraction of sp³-hybridized carbons (Fsp3) is 0.222. The van der Waals surface area contributed by atoms with Gasteiger partial charge in [-0.05, 0) is 17.7 Å². The van der Waals surface area contributed by atoms with Gasteiger partial charge < -0.3 is 15.3 Å². The summed E-state index contributed by atoms with van der Waals surface area (Å²) in [5, 5.41) is 26.8. The first-order valence-electron chi connectivity index (χ1n) is 3.78. The third kappa shape index (κ3) is 2.76. The predicted molar refractivity (Wildman–Crippen MR) is 45.3 cm³/mol. The van der Waals surface area contributed by atoms with E-state index in [1.807, 2.05) is 0 Å². The standard InChI is InChI=1S/C9H10O4/c10-7-3-1-2-6(4-7)8(11)5-9(12)13/h1-4,8,10-11H,5H2,(H,12,13)/t8-/m0/s1. The fourth-order valence-corrected chi connectivity index (χ4v) is 1.02. The van der Waals surface area contributed by atoms with Crippen LogP contribution in [0.5, 0.6) is 5.75 Å². The number of phenols is 1. The van der Waals surface area contributed by atoms with Crippen molar-refractivity contribution in [2.75, 3.05) is 0 Å². The van der Waals surface area contributed by atoms with E-state index in [4.69, 9.17) is 10.2 Å². The zero-order chi connectivity index (χ0) is 9.84. The van der Waals surface area contributed by atoms with Crippen LogP contribution < -0.4 is 0 Å². The number of aliphatic hydroxyl groups excluding tert-OH is 1. The van der Waals surface area contributed by atoms with Crippen LogP contribution in [0.4, 0.5) is 0 Å². The Bertz CT molecular complexity index is 308. The molecule has 0 radical (unpaired) electrons. The molecule has 0 bridgehead atoms. The number of aliphatic hydroxyl groups is 1. The summed E-state index contributed by atoms with van der Waals surface area (Å²) >= 11 is 0. The van der Waals surface area contributed by atoms with Crippen LogP contribution >= 0.6 is 0 Å². The number of benzene rings is 1. The molecule has 1 atom stereocenters. The highest BCUT2D eigenvalue weighted by Crippen LogP contribution is 2.20. The van der Waals surface area contributed by atoms with Gasteiger partial charge in [0.15, 0.2) is 0 Å². The number of hydrogen-bond donors (Lipinski definition) is 3. The van der Waals surface area contributed by atoms with Crippen molar-refractivity contribution in [3.63, 3.8) is 0 Å². The number of carboxylic acids is 1. The quantitative estimate of drug-likeness (QED) is 0.649. The summed E-state index contributed by atoms with van der Waals surface area (Å²) in [6.07, 6.45) is -1.42. The van der Waals surface area contributed by atoms with Crippen LogP contribution in [0.25, 0.3) is 0 Å². The average molecular weight is 182 g/mol. The van der Waals surface area contributed by atoms with Crippen molar-refractivity contribution in [2.45, 2.75) is 12.5 Å². The van der Waals surface area contributed by atoms with Crippen LogP contribution in [0.3, 0.4) is 0 Å². The van der Waals surface area contributed by atoms with E-state index in [1.165, 1.54) is 12.1 Å². The zero-order valence-electron chi connectivity index (χ0n) is 6.84. The molecule has 0 saturated carbocycles. The van der Waals surface area contributed by atoms with Gasteiger partial charge in [0.1, 0.15) is 5.75 Å². The summed E-state index contributed by atoms with van der Waals surface area (Å²) in [5.41, 5.74) is 0.405. The molecule has 0 aliphatic rings. The molecule has 1 rings (SSSR count). The van der Waals surface area contributed by atoms with Crippen LogP contribution in [0.15, 0.2) is 24.3 Å². The summed E-state index contributed by atoms with van der Waals surface area (Å²) in [6.45, 7) is 0. The maximum atomic E-state index is 10.2. The van der Waals surface area contributed by atoms with Gasteiger partial charge in [0.05, 0.1) is 12.5 Å². The number of aliphatic carboxylic acids is 1. The van der Waals surface area contributed by atoms with E-state index in [-0.39, 0.29) is 12.2 Å². The molecule has 0 aromatic heterocycles. The molecule has 70 valence electrons. The lowest BCUT2D eigenvalue weighted by atomic mass is 10.1. The largest absolute Gasteiger partial charge is 0.508 e. The van der Waals surface area contributed by atoms with Crippen LogP contribution in [0.1, 0.15) is 18.1 Å². The van der Waals surface area contributed by atoms with E-state index in [1.54, 1.807) is 12.1 Å². The molecule has 4 heteroatoms. The van der Waals surface area contributed by atoms with Crippen LogP contribution in [-0.2, 0) is 4.79 Å². The van der Waals surface area contributed by atoms with Crippen LogP contribution in [-0.4, -0.2) is 21.3 Å². The highest BCUT2D eigenvalue weighted by Gasteiger charge is 2.11.